The molecular weight excluding hydrogens is 344 g/mol. The number of carbonyl (C=O) groups is 1. The highest BCUT2D eigenvalue weighted by molar-refractivity contribution is 6.30. The van der Waals surface area contributed by atoms with E-state index in [0.717, 1.165) is 5.56 Å². The van der Waals surface area contributed by atoms with Crippen LogP contribution in [0.4, 0.5) is 5.69 Å². The number of amides is 1. The summed E-state index contributed by atoms with van der Waals surface area (Å²) >= 11 is 5.90. The Balaban J connectivity index is 1.84. The quantitative estimate of drug-likeness (QED) is 0.617. The molecule has 0 saturated carbocycles. The second-order valence-corrected chi connectivity index (χ2v) is 6.33. The molecule has 0 aliphatic carbocycles. The summed E-state index contributed by atoms with van der Waals surface area (Å²) in [5, 5.41) is 12.0. The average Bonchev–Trinajstić information content (AvgIpc) is 2.61. The van der Waals surface area contributed by atoms with Gasteiger partial charge in [-0.25, -0.2) is 0 Å². The zero-order chi connectivity index (χ0) is 18.0. The van der Waals surface area contributed by atoms with Crippen molar-refractivity contribution in [2.45, 2.75) is 13.0 Å². The van der Waals surface area contributed by atoms with Crippen LogP contribution in [0, 0.1) is 17.0 Å². The molecule has 1 heterocycles. The maximum absolute atomic E-state index is 12.9. The SMILES string of the molecule is Cc1cccc(C(=O)N2CCOC(c3ccc(Cl)cc3)C2)c1[N+](=O)[O-]. The summed E-state index contributed by atoms with van der Waals surface area (Å²) in [7, 11) is 0. The lowest BCUT2D eigenvalue weighted by Gasteiger charge is -2.33. The van der Waals surface area contributed by atoms with Crippen LogP contribution in [0.2, 0.25) is 5.02 Å². The number of carbonyl (C=O) groups excluding carboxylic acids is 1. The van der Waals surface area contributed by atoms with Gasteiger partial charge in [-0.1, -0.05) is 35.9 Å². The minimum absolute atomic E-state index is 0.113. The molecule has 2 aromatic carbocycles. The summed E-state index contributed by atoms with van der Waals surface area (Å²) in [6, 6.07) is 12.0. The summed E-state index contributed by atoms with van der Waals surface area (Å²) in [4.78, 5) is 25.3. The average molecular weight is 361 g/mol. The van der Waals surface area contributed by atoms with Gasteiger partial charge in [0.15, 0.2) is 0 Å². The van der Waals surface area contributed by atoms with Crippen LogP contribution in [0.25, 0.3) is 0 Å². The molecule has 0 radical (unpaired) electrons. The minimum atomic E-state index is -0.500. The Morgan fingerprint density at radius 2 is 2.00 bits per heavy atom. The molecule has 1 fully saturated rings. The van der Waals surface area contributed by atoms with E-state index in [0.29, 0.717) is 30.3 Å². The molecule has 1 aliphatic rings. The van der Waals surface area contributed by atoms with Gasteiger partial charge in [-0.3, -0.25) is 14.9 Å². The number of nitro groups is 1. The van der Waals surface area contributed by atoms with E-state index in [4.69, 9.17) is 16.3 Å². The van der Waals surface area contributed by atoms with E-state index < -0.39 is 4.92 Å². The predicted molar refractivity (Wildman–Crippen MR) is 93.9 cm³/mol. The number of rotatable bonds is 3. The van der Waals surface area contributed by atoms with E-state index >= 15 is 0 Å². The minimum Gasteiger partial charge on any atom is -0.370 e. The molecule has 7 heteroatoms. The van der Waals surface area contributed by atoms with Gasteiger partial charge in [0.05, 0.1) is 18.1 Å². The lowest BCUT2D eigenvalue weighted by Crippen LogP contribution is -2.42. The fourth-order valence-corrected chi connectivity index (χ4v) is 3.08. The Morgan fingerprint density at radius 1 is 1.28 bits per heavy atom. The van der Waals surface area contributed by atoms with E-state index in [1.807, 2.05) is 12.1 Å². The molecule has 3 rings (SSSR count). The number of nitro benzene ring substituents is 1. The van der Waals surface area contributed by atoms with Gasteiger partial charge in [-0.05, 0) is 30.7 Å². The molecule has 1 amide bonds. The van der Waals surface area contributed by atoms with E-state index in [-0.39, 0.29) is 23.3 Å². The van der Waals surface area contributed by atoms with Crippen molar-refractivity contribution < 1.29 is 14.5 Å². The monoisotopic (exact) mass is 360 g/mol. The van der Waals surface area contributed by atoms with Crippen LogP contribution in [-0.2, 0) is 4.74 Å². The van der Waals surface area contributed by atoms with Gasteiger partial charge in [-0.15, -0.1) is 0 Å². The van der Waals surface area contributed by atoms with E-state index in [1.54, 1.807) is 36.1 Å². The molecule has 25 heavy (non-hydrogen) atoms. The molecule has 130 valence electrons. The third-order valence-electron chi connectivity index (χ3n) is 4.25. The second-order valence-electron chi connectivity index (χ2n) is 5.89. The predicted octanol–water partition coefficient (Wildman–Crippen LogP) is 3.77. The van der Waals surface area contributed by atoms with Crippen LogP contribution < -0.4 is 0 Å². The van der Waals surface area contributed by atoms with Crippen LogP contribution >= 0.6 is 11.6 Å². The fourth-order valence-electron chi connectivity index (χ4n) is 2.96. The van der Waals surface area contributed by atoms with Gasteiger partial charge in [-0.2, -0.15) is 0 Å². The van der Waals surface area contributed by atoms with Gasteiger partial charge in [0.1, 0.15) is 11.7 Å². The molecule has 0 spiro atoms. The molecular formula is C18H17ClN2O4. The van der Waals surface area contributed by atoms with Crippen molar-refractivity contribution in [3.63, 3.8) is 0 Å². The molecule has 0 bridgehead atoms. The van der Waals surface area contributed by atoms with Gasteiger partial charge in [0.2, 0.25) is 0 Å². The number of benzene rings is 2. The Labute approximate surface area is 150 Å². The summed E-state index contributed by atoms with van der Waals surface area (Å²) in [6.07, 6.45) is -0.279. The molecule has 2 aromatic rings. The van der Waals surface area contributed by atoms with E-state index in [2.05, 4.69) is 0 Å². The topological polar surface area (TPSA) is 72.7 Å². The summed E-state index contributed by atoms with van der Waals surface area (Å²) in [5.74, 6) is -0.349. The highest BCUT2D eigenvalue weighted by atomic mass is 35.5. The van der Waals surface area contributed by atoms with Gasteiger partial charge < -0.3 is 9.64 Å². The zero-order valence-electron chi connectivity index (χ0n) is 13.6. The number of hydrogen-bond donors (Lipinski definition) is 0. The molecule has 1 unspecified atom stereocenters. The van der Waals surface area contributed by atoms with Crippen molar-refractivity contribution >= 4 is 23.2 Å². The van der Waals surface area contributed by atoms with Crippen LogP contribution in [-0.4, -0.2) is 35.4 Å². The fraction of sp³-hybridized carbons (Fsp3) is 0.278. The van der Waals surface area contributed by atoms with Crippen molar-refractivity contribution in [2.24, 2.45) is 0 Å². The van der Waals surface area contributed by atoms with Crippen molar-refractivity contribution in [3.8, 4) is 0 Å². The van der Waals surface area contributed by atoms with Crippen LogP contribution in [0.3, 0.4) is 0 Å². The first-order valence-corrected chi connectivity index (χ1v) is 8.25. The first-order valence-electron chi connectivity index (χ1n) is 7.87. The van der Waals surface area contributed by atoms with Gasteiger partial charge in [0, 0.05) is 17.1 Å². The number of halogens is 1. The zero-order valence-corrected chi connectivity index (χ0v) is 14.4. The molecule has 1 atom stereocenters. The van der Waals surface area contributed by atoms with Crippen molar-refractivity contribution in [3.05, 3.63) is 74.3 Å². The summed E-state index contributed by atoms with van der Waals surface area (Å²) in [5.41, 5.74) is 1.36. The third-order valence-corrected chi connectivity index (χ3v) is 4.50. The normalized spacial score (nSPS) is 17.4. The number of aryl methyl sites for hydroxylation is 1. The Hall–Kier alpha value is -2.44. The molecule has 1 aliphatic heterocycles. The summed E-state index contributed by atoms with van der Waals surface area (Å²) in [6.45, 7) is 2.74. The first-order chi connectivity index (χ1) is 12.0. The van der Waals surface area contributed by atoms with Crippen molar-refractivity contribution in [2.75, 3.05) is 19.7 Å². The number of para-hydroxylation sites is 1. The largest absolute Gasteiger partial charge is 0.370 e. The van der Waals surface area contributed by atoms with Crippen LogP contribution in [0.5, 0.6) is 0 Å². The molecule has 6 nitrogen and oxygen atoms in total. The lowest BCUT2D eigenvalue weighted by molar-refractivity contribution is -0.385. The van der Waals surface area contributed by atoms with Gasteiger partial charge in [0.25, 0.3) is 11.6 Å². The molecule has 1 saturated heterocycles. The number of ether oxygens (including phenoxy) is 1. The second kappa shape index (κ2) is 7.21. The number of nitrogens with zero attached hydrogens (tertiary/aromatic N) is 2. The molecule has 0 N–H and O–H groups in total. The Bertz CT molecular complexity index is 807. The van der Waals surface area contributed by atoms with Gasteiger partial charge >= 0.3 is 0 Å². The first kappa shape index (κ1) is 17.4. The van der Waals surface area contributed by atoms with Crippen LogP contribution in [0.1, 0.15) is 27.6 Å². The number of morpholine rings is 1. The number of hydrogen-bond acceptors (Lipinski definition) is 4. The maximum atomic E-state index is 12.9. The standard InChI is InChI=1S/C18H17ClN2O4/c1-12-3-2-4-15(17(12)21(23)24)18(22)20-9-10-25-16(11-20)13-5-7-14(19)8-6-13/h2-8,16H,9-11H2,1H3. The van der Waals surface area contributed by atoms with Crippen molar-refractivity contribution in [1.29, 1.82) is 0 Å². The highest BCUT2D eigenvalue weighted by Crippen LogP contribution is 2.28. The smallest absolute Gasteiger partial charge is 0.285 e. The highest BCUT2D eigenvalue weighted by Gasteiger charge is 2.30. The Kier molecular flexibility index (Phi) is 5.01. The maximum Gasteiger partial charge on any atom is 0.285 e. The van der Waals surface area contributed by atoms with Crippen LogP contribution in [0.15, 0.2) is 42.5 Å². The lowest BCUT2D eigenvalue weighted by atomic mass is 10.0. The Morgan fingerprint density at radius 3 is 2.68 bits per heavy atom. The van der Waals surface area contributed by atoms with E-state index in [9.17, 15) is 14.9 Å². The third kappa shape index (κ3) is 3.65. The summed E-state index contributed by atoms with van der Waals surface area (Å²) < 4.78 is 5.75. The molecule has 0 aromatic heterocycles. The van der Waals surface area contributed by atoms with Crippen molar-refractivity contribution in [1.82, 2.24) is 4.90 Å². The van der Waals surface area contributed by atoms with E-state index in [1.165, 1.54) is 6.07 Å².